The molecule has 0 saturated carbocycles. The first-order valence-corrected chi connectivity index (χ1v) is 9.74. The van der Waals surface area contributed by atoms with Crippen molar-refractivity contribution in [2.75, 3.05) is 37.0 Å². The molecule has 0 spiro atoms. The molecule has 1 saturated heterocycles. The van der Waals surface area contributed by atoms with Crippen LogP contribution in [0.1, 0.15) is 24.5 Å². The Morgan fingerprint density at radius 1 is 1.12 bits per heavy atom. The predicted octanol–water partition coefficient (Wildman–Crippen LogP) is 1.66. The van der Waals surface area contributed by atoms with E-state index in [4.69, 9.17) is 9.97 Å². The molecule has 7 heteroatoms. The van der Waals surface area contributed by atoms with Crippen molar-refractivity contribution >= 4 is 43.9 Å². The van der Waals surface area contributed by atoms with Crippen molar-refractivity contribution < 1.29 is 0 Å². The van der Waals surface area contributed by atoms with E-state index in [-0.39, 0.29) is 0 Å². The molecule has 3 aromatic heterocycles. The average Bonchev–Trinajstić information content (AvgIpc) is 2.68. The molecule has 4 rings (SSSR count). The van der Waals surface area contributed by atoms with E-state index in [1.54, 1.807) is 6.33 Å². The van der Waals surface area contributed by atoms with Crippen molar-refractivity contribution in [2.24, 2.45) is 0 Å². The topological polar surface area (TPSA) is 58.0 Å². The van der Waals surface area contributed by atoms with E-state index >= 15 is 0 Å². The Morgan fingerprint density at radius 3 is 2.77 bits per heavy atom. The van der Waals surface area contributed by atoms with Crippen molar-refractivity contribution in [2.45, 2.75) is 18.8 Å². The molecule has 1 unspecified atom stereocenters. The van der Waals surface area contributed by atoms with Gasteiger partial charge in [-0.2, -0.15) is 0 Å². The summed E-state index contributed by atoms with van der Waals surface area (Å²) >= 11 is 2.48. The molecule has 4 heterocycles. The maximum absolute atomic E-state index is 4.82. The third kappa shape index (κ3) is 3.38. The van der Waals surface area contributed by atoms with Crippen LogP contribution in [-0.4, -0.2) is 64.0 Å². The van der Waals surface area contributed by atoms with Crippen LogP contribution in [0.3, 0.4) is 0 Å². The number of fused-ring (bicyclic) bond motifs is 1. The van der Waals surface area contributed by atoms with Crippen LogP contribution >= 0.6 is 0 Å². The molecule has 1 aliphatic rings. The number of nitrogens with zero attached hydrogens (tertiary/aromatic N) is 6. The normalized spacial score (nSPS) is 17.5. The van der Waals surface area contributed by atoms with Crippen LogP contribution in [-0.2, 0) is 0 Å². The molecule has 1 atom stereocenters. The fraction of sp³-hybridized carbons (Fsp3) is 0.368. The van der Waals surface area contributed by atoms with Gasteiger partial charge in [0.15, 0.2) is 0 Å². The van der Waals surface area contributed by atoms with Crippen LogP contribution in [0.5, 0.6) is 0 Å². The molecular weight excluding hydrogens is 387 g/mol. The van der Waals surface area contributed by atoms with E-state index in [0.29, 0.717) is 5.92 Å². The summed E-state index contributed by atoms with van der Waals surface area (Å²) in [6.07, 6.45) is 5.84. The van der Waals surface area contributed by atoms with E-state index in [1.165, 1.54) is 0 Å². The Balaban J connectivity index is 1.57. The number of hydrogen-bond acceptors (Lipinski definition) is 6. The Kier molecular flexibility index (Phi) is 4.77. The number of anilines is 2. The van der Waals surface area contributed by atoms with E-state index in [2.05, 4.69) is 54.8 Å². The van der Waals surface area contributed by atoms with Crippen LogP contribution in [0, 0.1) is 0 Å². The second-order valence-electron chi connectivity index (χ2n) is 6.86. The van der Waals surface area contributed by atoms with Gasteiger partial charge >= 0.3 is 148 Å². The molecule has 26 heavy (non-hydrogen) atoms. The summed E-state index contributed by atoms with van der Waals surface area (Å²) in [5, 5.41) is 0. The molecule has 6 nitrogen and oxygen atoms in total. The van der Waals surface area contributed by atoms with E-state index in [1.807, 2.05) is 26.4 Å². The van der Waals surface area contributed by atoms with Crippen molar-refractivity contribution in [1.29, 1.82) is 0 Å². The zero-order valence-electron chi connectivity index (χ0n) is 15.0. The van der Waals surface area contributed by atoms with Gasteiger partial charge in [-0.05, 0) is 0 Å². The summed E-state index contributed by atoms with van der Waals surface area (Å²) in [6, 6.07) is 8.40. The quantitative estimate of drug-likeness (QED) is 0.615. The van der Waals surface area contributed by atoms with Crippen molar-refractivity contribution in [1.82, 2.24) is 19.9 Å². The molecule has 2 radical (unpaired) electrons. The van der Waals surface area contributed by atoms with Gasteiger partial charge in [0.1, 0.15) is 0 Å². The molecule has 0 N–H and O–H groups in total. The Labute approximate surface area is 162 Å². The zero-order chi connectivity index (χ0) is 18.1. The first-order chi connectivity index (χ1) is 12.6. The summed E-state index contributed by atoms with van der Waals surface area (Å²) in [7, 11) is 4.07. The maximum atomic E-state index is 4.82. The molecule has 0 amide bonds. The van der Waals surface area contributed by atoms with Gasteiger partial charge < -0.3 is 0 Å². The zero-order valence-corrected chi connectivity index (χ0v) is 16.9. The van der Waals surface area contributed by atoms with Crippen LogP contribution in [0.4, 0.5) is 11.5 Å². The molecular formula is C19H21AsN6. The molecule has 132 valence electrons. The van der Waals surface area contributed by atoms with Gasteiger partial charge in [0.05, 0.1) is 0 Å². The summed E-state index contributed by atoms with van der Waals surface area (Å²) in [5.74, 6) is 1.43. The monoisotopic (exact) mass is 408 g/mol. The summed E-state index contributed by atoms with van der Waals surface area (Å²) in [4.78, 5) is 22.5. The molecule has 3 aromatic rings. The minimum absolute atomic E-state index is 0.432. The molecule has 0 aromatic carbocycles. The molecule has 0 bridgehead atoms. The van der Waals surface area contributed by atoms with Gasteiger partial charge in [-0.3, -0.25) is 0 Å². The third-order valence-corrected chi connectivity index (χ3v) is 5.59. The number of pyridine rings is 2. The summed E-state index contributed by atoms with van der Waals surface area (Å²) < 4.78 is 0.860. The molecule has 0 aliphatic carbocycles. The van der Waals surface area contributed by atoms with Crippen LogP contribution < -0.4 is 14.3 Å². The Bertz CT molecular complexity index is 912. The molecule has 1 fully saturated rings. The van der Waals surface area contributed by atoms with E-state index < -0.39 is 0 Å². The average molecular weight is 408 g/mol. The predicted molar refractivity (Wildman–Crippen MR) is 105 cm³/mol. The second-order valence-corrected chi connectivity index (χ2v) is 7.74. The number of hydrogen-bond donors (Lipinski definition) is 0. The summed E-state index contributed by atoms with van der Waals surface area (Å²) in [6.45, 7) is 1.96. The Morgan fingerprint density at radius 2 is 2.00 bits per heavy atom. The minimum atomic E-state index is 0.432. The van der Waals surface area contributed by atoms with Gasteiger partial charge in [-0.25, -0.2) is 0 Å². The van der Waals surface area contributed by atoms with Crippen molar-refractivity contribution in [3.05, 3.63) is 42.5 Å². The van der Waals surface area contributed by atoms with Crippen LogP contribution in [0.25, 0.3) is 11.0 Å². The first-order valence-electron chi connectivity index (χ1n) is 8.81. The SMILES string of the molecule is CN(C)c1ccc(C2CCCN(c3ccc4ncnc([As])c4n3)C2)nc1. The van der Waals surface area contributed by atoms with Crippen LogP contribution in [0.15, 0.2) is 36.8 Å². The van der Waals surface area contributed by atoms with Crippen LogP contribution in [0.2, 0.25) is 0 Å². The second kappa shape index (κ2) is 7.20. The van der Waals surface area contributed by atoms with Gasteiger partial charge in [-0.1, -0.05) is 0 Å². The van der Waals surface area contributed by atoms with E-state index in [9.17, 15) is 0 Å². The number of rotatable bonds is 3. The fourth-order valence-corrected chi connectivity index (χ4v) is 3.88. The van der Waals surface area contributed by atoms with Gasteiger partial charge in [0.2, 0.25) is 0 Å². The molecule has 1 aliphatic heterocycles. The standard InChI is InChI=1S/C19H21AsN6/c1-25(2)14-5-6-15(21-10-14)13-4-3-9-26(11-13)17-8-7-16-18(24-17)19(20)23-12-22-16/h5-8,10,12-13H,3-4,9,11H2,1-2H3. The third-order valence-electron chi connectivity index (χ3n) is 4.90. The van der Waals surface area contributed by atoms with Gasteiger partial charge in [0.25, 0.3) is 0 Å². The van der Waals surface area contributed by atoms with Crippen molar-refractivity contribution in [3.8, 4) is 0 Å². The van der Waals surface area contributed by atoms with Gasteiger partial charge in [-0.15, -0.1) is 0 Å². The van der Waals surface area contributed by atoms with Crippen molar-refractivity contribution in [3.63, 3.8) is 0 Å². The summed E-state index contributed by atoms with van der Waals surface area (Å²) in [5.41, 5.74) is 4.04. The first kappa shape index (κ1) is 17.2. The van der Waals surface area contributed by atoms with Gasteiger partial charge in [0, 0.05) is 14.1 Å². The fourth-order valence-electron chi connectivity index (χ4n) is 3.42. The van der Waals surface area contributed by atoms with E-state index in [0.717, 1.165) is 58.6 Å². The number of piperidine rings is 1. The number of aromatic nitrogens is 4. The Hall–Kier alpha value is -2.20.